The van der Waals surface area contributed by atoms with Crippen molar-refractivity contribution in [3.63, 3.8) is 0 Å². The van der Waals surface area contributed by atoms with E-state index in [-0.39, 0.29) is 11.9 Å². The lowest BCUT2D eigenvalue weighted by molar-refractivity contribution is -0.132. The SMILES string of the molecule is Cc1cccc(N2CCN(CN3C(=O)N[C@@](C)(c4cccc(Br)c4)C3=O)CC2)c1C. The molecule has 0 spiro atoms. The van der Waals surface area contributed by atoms with Crippen LogP contribution in [0.25, 0.3) is 0 Å². The Morgan fingerprint density at radius 3 is 2.43 bits per heavy atom. The molecule has 0 aromatic heterocycles. The number of nitrogens with one attached hydrogen (secondary N) is 1. The summed E-state index contributed by atoms with van der Waals surface area (Å²) in [5, 5.41) is 2.89. The van der Waals surface area contributed by atoms with Crippen molar-refractivity contribution in [1.29, 1.82) is 0 Å². The maximum Gasteiger partial charge on any atom is 0.326 e. The maximum atomic E-state index is 13.2. The number of carbonyl (C=O) groups is 2. The van der Waals surface area contributed by atoms with Crippen LogP contribution in [0.1, 0.15) is 23.6 Å². The summed E-state index contributed by atoms with van der Waals surface area (Å²) in [7, 11) is 0. The average Bonchev–Trinajstić information content (AvgIpc) is 2.95. The second kappa shape index (κ2) is 8.04. The van der Waals surface area contributed by atoms with Crippen molar-refractivity contribution < 1.29 is 9.59 Å². The van der Waals surface area contributed by atoms with Gasteiger partial charge in [0, 0.05) is 36.3 Å². The Labute approximate surface area is 186 Å². The van der Waals surface area contributed by atoms with Crippen LogP contribution in [0.5, 0.6) is 0 Å². The van der Waals surface area contributed by atoms with Crippen molar-refractivity contribution in [2.24, 2.45) is 0 Å². The van der Waals surface area contributed by atoms with E-state index < -0.39 is 5.54 Å². The predicted octanol–water partition coefficient (Wildman–Crippen LogP) is 3.61. The topological polar surface area (TPSA) is 55.9 Å². The Bertz CT molecular complexity index is 987. The van der Waals surface area contributed by atoms with Crippen LogP contribution in [0, 0.1) is 13.8 Å². The van der Waals surface area contributed by atoms with Gasteiger partial charge in [-0.05, 0) is 55.7 Å². The van der Waals surface area contributed by atoms with Gasteiger partial charge in [-0.2, -0.15) is 0 Å². The summed E-state index contributed by atoms with van der Waals surface area (Å²) < 4.78 is 0.879. The molecule has 0 radical (unpaired) electrons. The van der Waals surface area contributed by atoms with E-state index in [4.69, 9.17) is 0 Å². The first-order valence-corrected chi connectivity index (χ1v) is 11.0. The molecule has 0 unspecified atom stereocenters. The number of rotatable bonds is 4. The standard InChI is InChI=1S/C23H27BrN4O2/c1-16-6-4-9-20(17(16)2)27-12-10-26(11-13-27)15-28-21(29)23(3,25-22(28)30)18-7-5-8-19(24)14-18/h4-9,14H,10-13,15H2,1-3H3,(H,25,30)/t23-/m0/s1. The summed E-state index contributed by atoms with van der Waals surface area (Å²) in [6.07, 6.45) is 0. The quantitative estimate of drug-likeness (QED) is 0.693. The zero-order chi connectivity index (χ0) is 21.5. The van der Waals surface area contributed by atoms with E-state index in [9.17, 15) is 9.59 Å². The summed E-state index contributed by atoms with van der Waals surface area (Å²) in [5.41, 5.74) is 3.61. The van der Waals surface area contributed by atoms with E-state index in [1.54, 1.807) is 6.92 Å². The molecular formula is C23H27BrN4O2. The van der Waals surface area contributed by atoms with Crippen molar-refractivity contribution in [2.75, 3.05) is 37.7 Å². The Kier molecular flexibility index (Phi) is 5.59. The van der Waals surface area contributed by atoms with Crippen LogP contribution in [0.4, 0.5) is 10.5 Å². The number of halogens is 1. The van der Waals surface area contributed by atoms with E-state index in [0.717, 1.165) is 36.2 Å². The van der Waals surface area contributed by atoms with Crippen LogP contribution in [-0.4, -0.2) is 54.6 Å². The summed E-state index contributed by atoms with van der Waals surface area (Å²) in [6, 6.07) is 13.6. The molecule has 0 aliphatic carbocycles. The molecule has 3 amide bonds. The number of nitrogens with zero attached hydrogens (tertiary/aromatic N) is 3. The molecule has 1 N–H and O–H groups in total. The van der Waals surface area contributed by atoms with Crippen LogP contribution in [-0.2, 0) is 10.3 Å². The minimum Gasteiger partial charge on any atom is -0.369 e. The number of hydrogen-bond acceptors (Lipinski definition) is 4. The number of piperazine rings is 1. The van der Waals surface area contributed by atoms with Gasteiger partial charge in [0.1, 0.15) is 5.54 Å². The monoisotopic (exact) mass is 470 g/mol. The van der Waals surface area contributed by atoms with Gasteiger partial charge in [-0.15, -0.1) is 0 Å². The van der Waals surface area contributed by atoms with E-state index >= 15 is 0 Å². The van der Waals surface area contributed by atoms with E-state index in [1.807, 2.05) is 24.3 Å². The lowest BCUT2D eigenvalue weighted by Crippen LogP contribution is -2.51. The molecule has 2 fully saturated rings. The molecule has 2 aromatic carbocycles. The van der Waals surface area contributed by atoms with Crippen LogP contribution in [0.2, 0.25) is 0 Å². The highest BCUT2D eigenvalue weighted by atomic mass is 79.9. The first-order valence-electron chi connectivity index (χ1n) is 10.2. The molecule has 0 bridgehead atoms. The number of carbonyl (C=O) groups excluding carboxylic acids is 2. The van der Waals surface area contributed by atoms with Gasteiger partial charge in [0.25, 0.3) is 5.91 Å². The third-order valence-electron chi connectivity index (χ3n) is 6.31. The number of amides is 3. The van der Waals surface area contributed by atoms with Gasteiger partial charge in [-0.1, -0.05) is 40.2 Å². The van der Waals surface area contributed by atoms with Crippen molar-refractivity contribution in [2.45, 2.75) is 26.3 Å². The van der Waals surface area contributed by atoms with E-state index in [2.05, 4.69) is 63.1 Å². The fourth-order valence-electron chi connectivity index (χ4n) is 4.23. The number of aryl methyl sites for hydroxylation is 1. The molecule has 0 saturated carbocycles. The molecule has 7 heteroatoms. The van der Waals surface area contributed by atoms with E-state index in [1.165, 1.54) is 21.7 Å². The number of anilines is 1. The molecule has 4 rings (SSSR count). The van der Waals surface area contributed by atoms with Gasteiger partial charge < -0.3 is 10.2 Å². The minimum atomic E-state index is -1.04. The molecule has 158 valence electrons. The smallest absolute Gasteiger partial charge is 0.326 e. The van der Waals surface area contributed by atoms with Crippen molar-refractivity contribution in [3.05, 3.63) is 63.6 Å². The van der Waals surface area contributed by atoms with Crippen molar-refractivity contribution >= 4 is 33.6 Å². The van der Waals surface area contributed by atoms with Gasteiger partial charge in [0.05, 0.1) is 6.67 Å². The molecule has 2 aliphatic rings. The summed E-state index contributed by atoms with van der Waals surface area (Å²) in [5.74, 6) is -0.206. The molecular weight excluding hydrogens is 444 g/mol. The summed E-state index contributed by atoms with van der Waals surface area (Å²) in [4.78, 5) is 31.7. The molecule has 2 aliphatic heterocycles. The first kappa shape index (κ1) is 20.9. The Balaban J connectivity index is 1.42. The maximum absolute atomic E-state index is 13.2. The highest BCUT2D eigenvalue weighted by molar-refractivity contribution is 9.10. The van der Waals surface area contributed by atoms with Gasteiger partial charge in [-0.3, -0.25) is 9.69 Å². The van der Waals surface area contributed by atoms with Crippen LogP contribution in [0.15, 0.2) is 46.9 Å². The highest BCUT2D eigenvalue weighted by Crippen LogP contribution is 2.31. The van der Waals surface area contributed by atoms with Crippen molar-refractivity contribution in [3.8, 4) is 0 Å². The van der Waals surface area contributed by atoms with Crippen LogP contribution < -0.4 is 10.2 Å². The lowest BCUT2D eigenvalue weighted by Gasteiger charge is -2.38. The Hall–Kier alpha value is -2.38. The number of imide groups is 1. The Morgan fingerprint density at radius 1 is 1.03 bits per heavy atom. The molecule has 2 aromatic rings. The van der Waals surface area contributed by atoms with Gasteiger partial charge >= 0.3 is 6.03 Å². The fraction of sp³-hybridized carbons (Fsp3) is 0.391. The summed E-state index contributed by atoms with van der Waals surface area (Å²) >= 11 is 3.45. The second-order valence-corrected chi connectivity index (χ2v) is 9.18. The summed E-state index contributed by atoms with van der Waals surface area (Å²) in [6.45, 7) is 9.73. The third-order valence-corrected chi connectivity index (χ3v) is 6.80. The van der Waals surface area contributed by atoms with Gasteiger partial charge in [0.15, 0.2) is 0 Å². The average molecular weight is 471 g/mol. The fourth-order valence-corrected chi connectivity index (χ4v) is 4.63. The zero-order valence-electron chi connectivity index (χ0n) is 17.6. The first-order chi connectivity index (χ1) is 14.3. The van der Waals surface area contributed by atoms with Gasteiger partial charge in [0.2, 0.25) is 0 Å². The number of hydrogen-bond donors (Lipinski definition) is 1. The van der Waals surface area contributed by atoms with E-state index in [0.29, 0.717) is 6.67 Å². The Morgan fingerprint density at radius 2 is 1.73 bits per heavy atom. The van der Waals surface area contributed by atoms with Crippen LogP contribution >= 0.6 is 15.9 Å². The molecule has 6 nitrogen and oxygen atoms in total. The van der Waals surface area contributed by atoms with Crippen molar-refractivity contribution in [1.82, 2.24) is 15.1 Å². The molecule has 2 saturated heterocycles. The largest absolute Gasteiger partial charge is 0.369 e. The number of benzene rings is 2. The van der Waals surface area contributed by atoms with Gasteiger partial charge in [-0.25, -0.2) is 9.69 Å². The van der Waals surface area contributed by atoms with Crippen LogP contribution in [0.3, 0.4) is 0 Å². The molecule has 1 atom stereocenters. The minimum absolute atomic E-state index is 0.206. The number of urea groups is 1. The second-order valence-electron chi connectivity index (χ2n) is 8.26. The lowest BCUT2D eigenvalue weighted by atomic mass is 9.92. The highest BCUT2D eigenvalue weighted by Gasteiger charge is 2.49. The third kappa shape index (κ3) is 3.72. The molecule has 30 heavy (non-hydrogen) atoms. The normalized spacial score (nSPS) is 22.5. The molecule has 2 heterocycles. The zero-order valence-corrected chi connectivity index (χ0v) is 19.2. The predicted molar refractivity (Wildman–Crippen MR) is 121 cm³/mol.